The van der Waals surface area contributed by atoms with Crippen molar-refractivity contribution >= 4 is 11.7 Å². The zero-order valence-electron chi connectivity index (χ0n) is 12.3. The van der Waals surface area contributed by atoms with Crippen LogP contribution < -0.4 is 0 Å². The zero-order valence-corrected chi connectivity index (χ0v) is 12.3. The van der Waals surface area contributed by atoms with Gasteiger partial charge in [-0.2, -0.15) is 0 Å². The molecule has 1 fully saturated rings. The summed E-state index contributed by atoms with van der Waals surface area (Å²) >= 11 is 0. The molecule has 2 atom stereocenters. The predicted octanol–water partition coefficient (Wildman–Crippen LogP) is 2.59. The van der Waals surface area contributed by atoms with Gasteiger partial charge in [-0.3, -0.25) is 19.8 Å². The molecule has 2 rings (SSSR count). The van der Waals surface area contributed by atoms with E-state index < -0.39 is 5.97 Å². The second kappa shape index (κ2) is 6.22. The Morgan fingerprint density at radius 3 is 2.81 bits per heavy atom. The fraction of sp³-hybridized carbons (Fsp3) is 0.533. The molecule has 114 valence electrons. The van der Waals surface area contributed by atoms with Crippen molar-refractivity contribution in [1.82, 2.24) is 4.90 Å². The van der Waals surface area contributed by atoms with E-state index in [0.29, 0.717) is 31.5 Å². The fourth-order valence-corrected chi connectivity index (χ4v) is 2.94. The molecule has 0 aromatic heterocycles. The monoisotopic (exact) mass is 292 g/mol. The highest BCUT2D eigenvalue weighted by Gasteiger charge is 2.30. The zero-order chi connectivity index (χ0) is 15.6. The molecule has 1 aromatic rings. The Balaban J connectivity index is 2.11. The first-order chi connectivity index (χ1) is 9.90. The standard InChI is InChI=1S/C15H20N2O4/c1-10-8-12(15(18)19)6-7-16(10)9-13-4-3-5-14(11(13)2)17(20)21/h3-5,10,12H,6-9H2,1-2H3,(H,18,19). The quantitative estimate of drug-likeness (QED) is 0.681. The molecule has 1 N–H and O–H groups in total. The van der Waals surface area contributed by atoms with Crippen LogP contribution in [0.3, 0.4) is 0 Å². The van der Waals surface area contributed by atoms with Crippen LogP contribution in [0, 0.1) is 23.0 Å². The van der Waals surface area contributed by atoms with Crippen LogP contribution in [0.25, 0.3) is 0 Å². The lowest BCUT2D eigenvalue weighted by molar-refractivity contribution is -0.385. The topological polar surface area (TPSA) is 83.7 Å². The number of carboxylic acids is 1. The first-order valence-corrected chi connectivity index (χ1v) is 7.10. The number of nitrogens with zero attached hydrogens (tertiary/aromatic N) is 2. The highest BCUT2D eigenvalue weighted by Crippen LogP contribution is 2.27. The molecule has 0 amide bonds. The van der Waals surface area contributed by atoms with Crippen molar-refractivity contribution in [3.8, 4) is 0 Å². The van der Waals surface area contributed by atoms with Crippen molar-refractivity contribution in [3.05, 3.63) is 39.4 Å². The van der Waals surface area contributed by atoms with Crippen molar-refractivity contribution in [2.24, 2.45) is 5.92 Å². The highest BCUT2D eigenvalue weighted by molar-refractivity contribution is 5.70. The number of carboxylic acid groups (broad SMARTS) is 1. The van der Waals surface area contributed by atoms with E-state index in [0.717, 1.165) is 5.56 Å². The summed E-state index contributed by atoms with van der Waals surface area (Å²) in [5.74, 6) is -1.00. The van der Waals surface area contributed by atoms with Crippen molar-refractivity contribution in [2.45, 2.75) is 39.3 Å². The lowest BCUT2D eigenvalue weighted by atomic mass is 9.91. The third-order valence-electron chi connectivity index (χ3n) is 4.35. The van der Waals surface area contributed by atoms with Crippen LogP contribution in [0.4, 0.5) is 5.69 Å². The fourth-order valence-electron chi connectivity index (χ4n) is 2.94. The van der Waals surface area contributed by atoms with Crippen LogP contribution in [0.2, 0.25) is 0 Å². The molecule has 0 radical (unpaired) electrons. The largest absolute Gasteiger partial charge is 0.481 e. The van der Waals surface area contributed by atoms with E-state index in [9.17, 15) is 14.9 Å². The minimum atomic E-state index is -0.729. The van der Waals surface area contributed by atoms with Crippen LogP contribution >= 0.6 is 0 Å². The molecule has 1 aromatic carbocycles. The van der Waals surface area contributed by atoms with E-state index in [1.54, 1.807) is 13.0 Å². The molecule has 2 unspecified atom stereocenters. The van der Waals surface area contributed by atoms with E-state index in [1.807, 2.05) is 13.0 Å². The van der Waals surface area contributed by atoms with Crippen LogP contribution in [0.1, 0.15) is 30.9 Å². The molecule has 1 aliphatic heterocycles. The number of hydrogen-bond acceptors (Lipinski definition) is 4. The van der Waals surface area contributed by atoms with Gasteiger partial charge >= 0.3 is 5.97 Å². The number of carbonyl (C=O) groups is 1. The van der Waals surface area contributed by atoms with Gasteiger partial charge in [0.15, 0.2) is 0 Å². The van der Waals surface area contributed by atoms with Crippen molar-refractivity contribution in [3.63, 3.8) is 0 Å². The van der Waals surface area contributed by atoms with E-state index in [1.165, 1.54) is 6.07 Å². The van der Waals surface area contributed by atoms with E-state index in [2.05, 4.69) is 4.90 Å². The number of nitro groups is 1. The summed E-state index contributed by atoms with van der Waals surface area (Å²) in [6.07, 6.45) is 1.26. The van der Waals surface area contributed by atoms with E-state index in [-0.39, 0.29) is 22.6 Å². The third kappa shape index (κ3) is 3.39. The molecule has 0 saturated carbocycles. The van der Waals surface area contributed by atoms with E-state index >= 15 is 0 Å². The van der Waals surface area contributed by atoms with Gasteiger partial charge in [0.1, 0.15) is 0 Å². The minimum Gasteiger partial charge on any atom is -0.481 e. The second-order valence-corrected chi connectivity index (χ2v) is 5.70. The molecule has 1 saturated heterocycles. The van der Waals surface area contributed by atoms with Crippen LogP contribution in [0.15, 0.2) is 18.2 Å². The van der Waals surface area contributed by atoms with Crippen LogP contribution in [0.5, 0.6) is 0 Å². The molecule has 6 heteroatoms. The molecule has 0 bridgehead atoms. The number of piperidine rings is 1. The van der Waals surface area contributed by atoms with Crippen LogP contribution in [-0.2, 0) is 11.3 Å². The number of benzene rings is 1. The Morgan fingerprint density at radius 2 is 2.24 bits per heavy atom. The van der Waals surface area contributed by atoms with Crippen molar-refractivity contribution < 1.29 is 14.8 Å². The maximum absolute atomic E-state index is 11.0. The van der Waals surface area contributed by atoms with Gasteiger partial charge in [0.05, 0.1) is 10.8 Å². The SMILES string of the molecule is Cc1c(CN2CCC(C(=O)O)CC2C)cccc1[N+](=O)[O-]. The smallest absolute Gasteiger partial charge is 0.306 e. The Labute approximate surface area is 123 Å². The molecule has 0 aliphatic carbocycles. The second-order valence-electron chi connectivity index (χ2n) is 5.70. The average molecular weight is 292 g/mol. The summed E-state index contributed by atoms with van der Waals surface area (Å²) in [5.41, 5.74) is 1.76. The van der Waals surface area contributed by atoms with Gasteiger partial charge in [0.25, 0.3) is 5.69 Å². The molecule has 6 nitrogen and oxygen atoms in total. The highest BCUT2D eigenvalue weighted by atomic mass is 16.6. The number of rotatable bonds is 4. The van der Waals surface area contributed by atoms with Gasteiger partial charge in [-0.25, -0.2) is 0 Å². The Hall–Kier alpha value is -1.95. The Kier molecular flexibility index (Phi) is 4.57. The molecular formula is C15H20N2O4. The first kappa shape index (κ1) is 15.4. The Bertz CT molecular complexity index is 559. The summed E-state index contributed by atoms with van der Waals surface area (Å²) in [7, 11) is 0. The summed E-state index contributed by atoms with van der Waals surface area (Å²) in [5, 5.41) is 20.1. The number of nitro benzene ring substituents is 1. The average Bonchev–Trinajstić information content (AvgIpc) is 2.42. The normalized spacial score (nSPS) is 23.0. The molecule has 21 heavy (non-hydrogen) atoms. The minimum absolute atomic E-state index is 0.139. The van der Waals surface area contributed by atoms with Gasteiger partial charge < -0.3 is 5.11 Å². The van der Waals surface area contributed by atoms with Gasteiger partial charge in [-0.05, 0) is 38.8 Å². The van der Waals surface area contributed by atoms with Crippen LogP contribution in [-0.4, -0.2) is 33.5 Å². The maximum atomic E-state index is 11.0. The van der Waals surface area contributed by atoms with Crippen molar-refractivity contribution in [1.29, 1.82) is 0 Å². The first-order valence-electron chi connectivity index (χ1n) is 7.10. The molecular weight excluding hydrogens is 272 g/mol. The molecule has 1 aliphatic rings. The third-order valence-corrected chi connectivity index (χ3v) is 4.35. The number of likely N-dealkylation sites (tertiary alicyclic amines) is 1. The van der Waals surface area contributed by atoms with Gasteiger partial charge in [0, 0.05) is 24.2 Å². The number of hydrogen-bond donors (Lipinski definition) is 1. The van der Waals surface area contributed by atoms with E-state index in [4.69, 9.17) is 5.11 Å². The Morgan fingerprint density at radius 1 is 1.52 bits per heavy atom. The summed E-state index contributed by atoms with van der Waals surface area (Å²) in [6.45, 7) is 5.12. The lowest BCUT2D eigenvalue weighted by Crippen LogP contribution is -2.42. The molecule has 0 spiro atoms. The summed E-state index contributed by atoms with van der Waals surface area (Å²) in [6, 6.07) is 5.28. The number of aliphatic carboxylic acids is 1. The summed E-state index contributed by atoms with van der Waals surface area (Å²) in [4.78, 5) is 23.9. The van der Waals surface area contributed by atoms with Gasteiger partial charge in [0.2, 0.25) is 0 Å². The lowest BCUT2D eigenvalue weighted by Gasteiger charge is -2.36. The maximum Gasteiger partial charge on any atom is 0.306 e. The van der Waals surface area contributed by atoms with Crippen molar-refractivity contribution in [2.75, 3.05) is 6.54 Å². The molecule has 1 heterocycles. The predicted molar refractivity (Wildman–Crippen MR) is 78.1 cm³/mol. The van der Waals surface area contributed by atoms with Gasteiger partial charge in [-0.15, -0.1) is 0 Å². The summed E-state index contributed by atoms with van der Waals surface area (Å²) < 4.78 is 0. The van der Waals surface area contributed by atoms with Gasteiger partial charge in [-0.1, -0.05) is 12.1 Å².